The first-order valence-electron chi connectivity index (χ1n) is 8.04. The molecule has 0 radical (unpaired) electrons. The Morgan fingerprint density at radius 2 is 1.60 bits per heavy atom. The third-order valence-corrected chi connectivity index (χ3v) is 3.72. The van der Waals surface area contributed by atoms with Crippen molar-refractivity contribution >= 4 is 5.96 Å². The molecule has 2 aromatic rings. The molecular formula is C19H25N3O3. The fraction of sp³-hybridized carbons (Fsp3) is 0.316. The largest absolute Gasteiger partial charge is 0.493 e. The Morgan fingerprint density at radius 1 is 0.960 bits per heavy atom. The van der Waals surface area contributed by atoms with E-state index in [0.717, 1.165) is 18.5 Å². The number of hydrogen-bond acceptors (Lipinski definition) is 4. The van der Waals surface area contributed by atoms with Gasteiger partial charge in [-0.2, -0.15) is 0 Å². The lowest BCUT2D eigenvalue weighted by Gasteiger charge is -2.13. The van der Waals surface area contributed by atoms with Crippen LogP contribution in [0.5, 0.6) is 17.2 Å². The molecule has 0 amide bonds. The maximum absolute atomic E-state index is 5.93. The first-order valence-corrected chi connectivity index (χ1v) is 8.04. The first kappa shape index (κ1) is 18.4. The number of benzene rings is 2. The molecule has 25 heavy (non-hydrogen) atoms. The van der Waals surface area contributed by atoms with Crippen molar-refractivity contribution in [2.45, 2.75) is 13.0 Å². The Morgan fingerprint density at radius 3 is 2.16 bits per heavy atom. The molecule has 0 atom stereocenters. The van der Waals surface area contributed by atoms with Crippen molar-refractivity contribution in [2.24, 2.45) is 10.7 Å². The van der Waals surface area contributed by atoms with Gasteiger partial charge in [-0.1, -0.05) is 30.3 Å². The SMILES string of the molecule is COc1cc(CN=C(N)NCCc2ccccc2)cc(OC)c1OC. The summed E-state index contributed by atoms with van der Waals surface area (Å²) >= 11 is 0. The third-order valence-electron chi connectivity index (χ3n) is 3.72. The van der Waals surface area contributed by atoms with E-state index in [4.69, 9.17) is 19.9 Å². The van der Waals surface area contributed by atoms with Crippen LogP contribution < -0.4 is 25.3 Å². The number of rotatable bonds is 8. The molecule has 0 aliphatic rings. The van der Waals surface area contributed by atoms with E-state index in [2.05, 4.69) is 22.4 Å². The summed E-state index contributed by atoms with van der Waals surface area (Å²) in [5.74, 6) is 2.17. The molecule has 2 aromatic carbocycles. The summed E-state index contributed by atoms with van der Waals surface area (Å²) in [5.41, 5.74) is 8.11. The van der Waals surface area contributed by atoms with Gasteiger partial charge in [-0.15, -0.1) is 0 Å². The summed E-state index contributed by atoms with van der Waals surface area (Å²) in [6.45, 7) is 1.15. The molecule has 0 spiro atoms. The van der Waals surface area contributed by atoms with Crippen molar-refractivity contribution < 1.29 is 14.2 Å². The van der Waals surface area contributed by atoms with E-state index in [0.29, 0.717) is 29.8 Å². The van der Waals surface area contributed by atoms with E-state index >= 15 is 0 Å². The maximum Gasteiger partial charge on any atom is 0.203 e. The molecule has 0 unspecified atom stereocenters. The Labute approximate surface area is 148 Å². The molecule has 6 heteroatoms. The van der Waals surface area contributed by atoms with Crippen molar-refractivity contribution in [3.63, 3.8) is 0 Å². The second-order valence-corrected chi connectivity index (χ2v) is 5.40. The molecule has 0 saturated heterocycles. The summed E-state index contributed by atoms with van der Waals surface area (Å²) in [5, 5.41) is 3.12. The number of nitrogens with zero attached hydrogens (tertiary/aromatic N) is 1. The highest BCUT2D eigenvalue weighted by molar-refractivity contribution is 5.77. The van der Waals surface area contributed by atoms with E-state index in [9.17, 15) is 0 Å². The second kappa shape index (κ2) is 9.42. The van der Waals surface area contributed by atoms with Crippen LogP contribution in [0.15, 0.2) is 47.5 Å². The smallest absolute Gasteiger partial charge is 0.203 e. The monoisotopic (exact) mass is 343 g/mol. The predicted octanol–water partition coefficient (Wildman–Crippen LogP) is 2.36. The van der Waals surface area contributed by atoms with Gasteiger partial charge >= 0.3 is 0 Å². The molecule has 0 heterocycles. The van der Waals surface area contributed by atoms with Crippen LogP contribution in [0.25, 0.3) is 0 Å². The van der Waals surface area contributed by atoms with Crippen LogP contribution in [0.2, 0.25) is 0 Å². The first-order chi connectivity index (χ1) is 12.2. The minimum Gasteiger partial charge on any atom is -0.493 e. The average Bonchev–Trinajstić information content (AvgIpc) is 2.66. The summed E-state index contributed by atoms with van der Waals surface area (Å²) < 4.78 is 16.0. The van der Waals surface area contributed by atoms with Crippen LogP contribution in [0.3, 0.4) is 0 Å². The second-order valence-electron chi connectivity index (χ2n) is 5.40. The van der Waals surface area contributed by atoms with Crippen LogP contribution in [-0.2, 0) is 13.0 Å². The lowest BCUT2D eigenvalue weighted by molar-refractivity contribution is 0.324. The summed E-state index contributed by atoms with van der Waals surface area (Å²) in [6, 6.07) is 14.0. The molecule has 3 N–H and O–H groups in total. The Balaban J connectivity index is 1.95. The molecule has 6 nitrogen and oxygen atoms in total. The van der Waals surface area contributed by atoms with E-state index in [1.807, 2.05) is 30.3 Å². The van der Waals surface area contributed by atoms with E-state index < -0.39 is 0 Å². The van der Waals surface area contributed by atoms with Crippen molar-refractivity contribution in [2.75, 3.05) is 27.9 Å². The van der Waals surface area contributed by atoms with Gasteiger partial charge in [0.05, 0.1) is 27.9 Å². The van der Waals surface area contributed by atoms with Gasteiger partial charge in [-0.3, -0.25) is 0 Å². The number of ether oxygens (including phenoxy) is 3. The van der Waals surface area contributed by atoms with E-state index in [-0.39, 0.29) is 0 Å². The molecular weight excluding hydrogens is 318 g/mol. The molecule has 0 bridgehead atoms. The molecule has 0 aliphatic carbocycles. The lowest BCUT2D eigenvalue weighted by Crippen LogP contribution is -2.33. The Kier molecular flexibility index (Phi) is 6.95. The highest BCUT2D eigenvalue weighted by Crippen LogP contribution is 2.38. The average molecular weight is 343 g/mol. The Bertz CT molecular complexity index is 677. The molecule has 134 valence electrons. The highest BCUT2D eigenvalue weighted by Gasteiger charge is 2.12. The summed E-state index contributed by atoms with van der Waals surface area (Å²) in [6.07, 6.45) is 0.890. The molecule has 0 fully saturated rings. The fourth-order valence-corrected chi connectivity index (χ4v) is 2.44. The predicted molar refractivity (Wildman–Crippen MR) is 99.6 cm³/mol. The van der Waals surface area contributed by atoms with Gasteiger partial charge < -0.3 is 25.3 Å². The molecule has 0 aliphatic heterocycles. The zero-order chi connectivity index (χ0) is 18.1. The number of nitrogens with two attached hydrogens (primary N) is 1. The topological polar surface area (TPSA) is 78.1 Å². The minimum absolute atomic E-state index is 0.407. The van der Waals surface area contributed by atoms with Gasteiger partial charge in [0, 0.05) is 6.54 Å². The standard InChI is InChI=1S/C19H25N3O3/c1-23-16-11-15(12-17(24-2)18(16)25-3)13-22-19(20)21-10-9-14-7-5-4-6-8-14/h4-8,11-12H,9-10,13H2,1-3H3,(H3,20,21,22). The Hall–Kier alpha value is -2.89. The van der Waals surface area contributed by atoms with Gasteiger partial charge in [0.1, 0.15) is 0 Å². The normalized spacial score (nSPS) is 11.1. The maximum atomic E-state index is 5.93. The number of guanidine groups is 1. The number of nitrogens with one attached hydrogen (secondary N) is 1. The quantitative estimate of drug-likeness (QED) is 0.568. The van der Waals surface area contributed by atoms with Crippen LogP contribution in [-0.4, -0.2) is 33.8 Å². The number of methoxy groups -OCH3 is 3. The van der Waals surface area contributed by atoms with Gasteiger partial charge in [-0.25, -0.2) is 4.99 Å². The lowest BCUT2D eigenvalue weighted by atomic mass is 10.1. The zero-order valence-electron chi connectivity index (χ0n) is 14.9. The summed E-state index contributed by atoms with van der Waals surface area (Å²) in [7, 11) is 4.75. The van der Waals surface area contributed by atoms with Gasteiger partial charge in [0.15, 0.2) is 17.5 Å². The van der Waals surface area contributed by atoms with Crippen molar-refractivity contribution in [3.8, 4) is 17.2 Å². The number of aliphatic imine (C=N–C) groups is 1. The van der Waals surface area contributed by atoms with Crippen molar-refractivity contribution in [1.82, 2.24) is 5.32 Å². The van der Waals surface area contributed by atoms with Crippen LogP contribution >= 0.6 is 0 Å². The highest BCUT2D eigenvalue weighted by atomic mass is 16.5. The number of hydrogen-bond donors (Lipinski definition) is 2. The van der Waals surface area contributed by atoms with Gasteiger partial charge in [-0.05, 0) is 29.7 Å². The van der Waals surface area contributed by atoms with Crippen LogP contribution in [0.4, 0.5) is 0 Å². The third kappa shape index (κ3) is 5.31. The molecule has 2 rings (SSSR count). The van der Waals surface area contributed by atoms with Crippen LogP contribution in [0.1, 0.15) is 11.1 Å². The molecule has 0 aromatic heterocycles. The molecule has 0 saturated carbocycles. The van der Waals surface area contributed by atoms with Crippen molar-refractivity contribution in [1.29, 1.82) is 0 Å². The zero-order valence-corrected chi connectivity index (χ0v) is 14.9. The van der Waals surface area contributed by atoms with Crippen LogP contribution in [0, 0.1) is 0 Å². The van der Waals surface area contributed by atoms with E-state index in [1.165, 1.54) is 5.56 Å². The van der Waals surface area contributed by atoms with Gasteiger partial charge in [0.2, 0.25) is 5.75 Å². The fourth-order valence-electron chi connectivity index (χ4n) is 2.44. The minimum atomic E-state index is 0.407. The summed E-state index contributed by atoms with van der Waals surface area (Å²) in [4.78, 5) is 4.36. The van der Waals surface area contributed by atoms with E-state index in [1.54, 1.807) is 21.3 Å². The van der Waals surface area contributed by atoms with Crippen molar-refractivity contribution in [3.05, 3.63) is 53.6 Å². The van der Waals surface area contributed by atoms with Gasteiger partial charge in [0.25, 0.3) is 0 Å².